The van der Waals surface area contributed by atoms with Crippen LogP contribution >= 0.6 is 11.8 Å². The highest BCUT2D eigenvalue weighted by Gasteiger charge is 2.28. The summed E-state index contributed by atoms with van der Waals surface area (Å²) in [5, 5.41) is 0. The molecule has 0 spiro atoms. The minimum Gasteiger partial charge on any atom is -0.380 e. The molecule has 1 heterocycles. The lowest BCUT2D eigenvalue weighted by Gasteiger charge is -2.28. The van der Waals surface area contributed by atoms with Gasteiger partial charge in [0.2, 0.25) is 0 Å². The van der Waals surface area contributed by atoms with Crippen molar-refractivity contribution in [3.05, 3.63) is 0 Å². The molecule has 0 aromatic rings. The van der Waals surface area contributed by atoms with Crippen molar-refractivity contribution in [3.63, 3.8) is 0 Å². The summed E-state index contributed by atoms with van der Waals surface area (Å²) in [4.78, 5) is 2.59. The number of likely N-dealkylation sites (tertiary alicyclic amines) is 1. The van der Waals surface area contributed by atoms with E-state index in [-0.39, 0.29) is 0 Å². The van der Waals surface area contributed by atoms with Crippen molar-refractivity contribution >= 4 is 11.8 Å². The Morgan fingerprint density at radius 2 is 2.36 bits per heavy atom. The summed E-state index contributed by atoms with van der Waals surface area (Å²) in [6.07, 6.45) is 3.05. The molecule has 0 aromatic carbocycles. The van der Waals surface area contributed by atoms with Crippen LogP contribution in [0.5, 0.6) is 0 Å². The molecule has 2 atom stereocenters. The minimum absolute atomic E-state index is 0.393. The van der Waals surface area contributed by atoms with Gasteiger partial charge in [-0.15, -0.1) is 0 Å². The molecule has 0 aliphatic carbocycles. The fourth-order valence-corrected chi connectivity index (χ4v) is 2.80. The summed E-state index contributed by atoms with van der Waals surface area (Å²) in [6, 6.07) is 0.664. The number of ether oxygens (including phenoxy) is 1. The zero-order valence-corrected chi connectivity index (χ0v) is 10.5. The molecule has 2 unspecified atom stereocenters. The monoisotopic (exact) mass is 217 g/mol. The number of hydrogen-bond donors (Lipinski definition) is 0. The van der Waals surface area contributed by atoms with Gasteiger partial charge < -0.3 is 4.74 Å². The first kappa shape index (κ1) is 12.3. The van der Waals surface area contributed by atoms with Crippen molar-refractivity contribution < 1.29 is 4.74 Å². The number of methoxy groups -OCH3 is 1. The average Bonchev–Trinajstić information content (AvgIpc) is 2.65. The second-order valence-electron chi connectivity index (χ2n) is 3.88. The van der Waals surface area contributed by atoms with Crippen LogP contribution in [0.2, 0.25) is 0 Å². The maximum absolute atomic E-state index is 5.42. The Kier molecular flexibility index (Phi) is 5.90. The third-order valence-electron chi connectivity index (χ3n) is 3.05. The van der Waals surface area contributed by atoms with Crippen LogP contribution in [0.3, 0.4) is 0 Å². The SMILES string of the molecule is CCSCCN1CCCC1C(C)OC. The average molecular weight is 217 g/mol. The Balaban J connectivity index is 2.27. The van der Waals surface area contributed by atoms with Gasteiger partial charge in [0.1, 0.15) is 0 Å². The highest BCUT2D eigenvalue weighted by molar-refractivity contribution is 7.99. The van der Waals surface area contributed by atoms with E-state index in [1.54, 1.807) is 0 Å². The van der Waals surface area contributed by atoms with E-state index in [4.69, 9.17) is 4.74 Å². The van der Waals surface area contributed by atoms with E-state index in [1.807, 2.05) is 18.9 Å². The van der Waals surface area contributed by atoms with Crippen LogP contribution in [0, 0.1) is 0 Å². The van der Waals surface area contributed by atoms with Crippen molar-refractivity contribution in [1.82, 2.24) is 4.90 Å². The molecular weight excluding hydrogens is 194 g/mol. The van der Waals surface area contributed by atoms with Crippen LogP contribution in [0.1, 0.15) is 26.7 Å². The zero-order chi connectivity index (χ0) is 10.4. The topological polar surface area (TPSA) is 12.5 Å². The van der Waals surface area contributed by atoms with Crippen molar-refractivity contribution in [2.24, 2.45) is 0 Å². The summed E-state index contributed by atoms with van der Waals surface area (Å²) in [7, 11) is 1.82. The third kappa shape index (κ3) is 3.44. The summed E-state index contributed by atoms with van der Waals surface area (Å²) in [6.45, 7) is 6.92. The van der Waals surface area contributed by atoms with Gasteiger partial charge in [-0.3, -0.25) is 4.90 Å². The molecule has 2 nitrogen and oxygen atoms in total. The lowest BCUT2D eigenvalue weighted by Crippen LogP contribution is -2.39. The highest BCUT2D eigenvalue weighted by atomic mass is 32.2. The molecule has 0 amide bonds. The van der Waals surface area contributed by atoms with E-state index in [2.05, 4.69) is 18.7 Å². The number of hydrogen-bond acceptors (Lipinski definition) is 3. The predicted molar refractivity (Wildman–Crippen MR) is 64.1 cm³/mol. The van der Waals surface area contributed by atoms with Crippen LogP contribution in [0.25, 0.3) is 0 Å². The van der Waals surface area contributed by atoms with E-state index >= 15 is 0 Å². The van der Waals surface area contributed by atoms with Crippen molar-refractivity contribution in [3.8, 4) is 0 Å². The van der Waals surface area contributed by atoms with Crippen molar-refractivity contribution in [2.75, 3.05) is 31.7 Å². The van der Waals surface area contributed by atoms with Crippen LogP contribution in [-0.2, 0) is 4.74 Å². The first-order chi connectivity index (χ1) is 6.79. The molecule has 0 radical (unpaired) electrons. The summed E-state index contributed by atoms with van der Waals surface area (Å²) < 4.78 is 5.42. The second kappa shape index (κ2) is 6.70. The first-order valence-electron chi connectivity index (χ1n) is 5.64. The molecule has 0 aromatic heterocycles. The Bertz CT molecular complexity index is 154. The molecule has 0 saturated carbocycles. The summed E-state index contributed by atoms with van der Waals surface area (Å²) in [5.74, 6) is 2.50. The Morgan fingerprint density at radius 3 is 3.00 bits per heavy atom. The minimum atomic E-state index is 0.393. The molecule has 0 bridgehead atoms. The molecular formula is C11H23NOS. The normalized spacial score (nSPS) is 25.5. The third-order valence-corrected chi connectivity index (χ3v) is 3.93. The lowest BCUT2D eigenvalue weighted by molar-refractivity contribution is 0.0463. The van der Waals surface area contributed by atoms with Crippen LogP contribution < -0.4 is 0 Å². The van der Waals surface area contributed by atoms with E-state index in [9.17, 15) is 0 Å². The van der Waals surface area contributed by atoms with Gasteiger partial charge in [-0.05, 0) is 32.1 Å². The van der Waals surface area contributed by atoms with Gasteiger partial charge >= 0.3 is 0 Å². The summed E-state index contributed by atoms with van der Waals surface area (Å²) in [5.41, 5.74) is 0. The van der Waals surface area contributed by atoms with Gasteiger partial charge in [0.25, 0.3) is 0 Å². The van der Waals surface area contributed by atoms with Gasteiger partial charge in [-0.25, -0.2) is 0 Å². The number of nitrogens with zero attached hydrogens (tertiary/aromatic N) is 1. The van der Waals surface area contributed by atoms with Crippen LogP contribution in [0.15, 0.2) is 0 Å². The van der Waals surface area contributed by atoms with E-state index in [0.717, 1.165) is 0 Å². The molecule has 1 rings (SSSR count). The molecule has 84 valence electrons. The van der Waals surface area contributed by atoms with Crippen molar-refractivity contribution in [1.29, 1.82) is 0 Å². The number of rotatable bonds is 6. The molecule has 1 saturated heterocycles. The van der Waals surface area contributed by atoms with Gasteiger partial charge in [-0.1, -0.05) is 6.92 Å². The Hall–Kier alpha value is 0.270. The van der Waals surface area contributed by atoms with Gasteiger partial charge in [-0.2, -0.15) is 11.8 Å². The lowest BCUT2D eigenvalue weighted by atomic mass is 10.1. The molecule has 1 aliphatic heterocycles. The Labute approximate surface area is 92.4 Å². The van der Waals surface area contributed by atoms with Crippen molar-refractivity contribution in [2.45, 2.75) is 38.8 Å². The van der Waals surface area contributed by atoms with Crippen LogP contribution in [-0.4, -0.2) is 48.8 Å². The van der Waals surface area contributed by atoms with E-state index in [1.165, 1.54) is 37.4 Å². The smallest absolute Gasteiger partial charge is 0.0698 e. The zero-order valence-electron chi connectivity index (χ0n) is 9.66. The largest absolute Gasteiger partial charge is 0.380 e. The molecule has 1 fully saturated rings. The number of thioether (sulfide) groups is 1. The van der Waals surface area contributed by atoms with Gasteiger partial charge in [0, 0.05) is 25.4 Å². The van der Waals surface area contributed by atoms with Gasteiger partial charge in [0.05, 0.1) is 6.10 Å². The van der Waals surface area contributed by atoms with Gasteiger partial charge in [0.15, 0.2) is 0 Å². The highest BCUT2D eigenvalue weighted by Crippen LogP contribution is 2.21. The van der Waals surface area contributed by atoms with Crippen LogP contribution in [0.4, 0.5) is 0 Å². The predicted octanol–water partition coefficient (Wildman–Crippen LogP) is 2.24. The first-order valence-corrected chi connectivity index (χ1v) is 6.79. The second-order valence-corrected chi connectivity index (χ2v) is 5.28. The summed E-state index contributed by atoms with van der Waals surface area (Å²) >= 11 is 2.03. The molecule has 14 heavy (non-hydrogen) atoms. The maximum Gasteiger partial charge on any atom is 0.0698 e. The molecule has 0 N–H and O–H groups in total. The molecule has 1 aliphatic rings. The van der Waals surface area contributed by atoms with E-state index in [0.29, 0.717) is 12.1 Å². The fraction of sp³-hybridized carbons (Fsp3) is 1.00. The molecule has 3 heteroatoms. The Morgan fingerprint density at radius 1 is 1.57 bits per heavy atom. The quantitative estimate of drug-likeness (QED) is 0.633. The maximum atomic E-state index is 5.42. The standard InChI is InChI=1S/C11H23NOS/c1-4-14-9-8-12-7-5-6-11(12)10(2)13-3/h10-11H,4-9H2,1-3H3. The fourth-order valence-electron chi connectivity index (χ4n) is 2.14. The van der Waals surface area contributed by atoms with E-state index < -0.39 is 0 Å².